The molecule has 0 aliphatic carbocycles. The first-order chi connectivity index (χ1) is 8.56. The maximum absolute atomic E-state index is 11.7. The average Bonchev–Trinajstić information content (AvgIpc) is 2.34. The average molecular weight is 296 g/mol. The van der Waals surface area contributed by atoms with Gasteiger partial charge in [-0.25, -0.2) is 4.79 Å². The summed E-state index contributed by atoms with van der Waals surface area (Å²) >= 11 is 3.07. The van der Waals surface area contributed by atoms with Crippen LogP contribution in [0.1, 0.15) is 12.8 Å². The molecule has 106 valence electrons. The topological polar surface area (TPSA) is 98.7 Å². The standard InChI is InChI=1S/C10H20N2O4S2/c1-17-5-3-7(12-16)9(13)11-8(10(14)15)4-6-18-2/h7-8,12,16H,3-6H2,1-2H3,(H,11,13)(H,14,15). The van der Waals surface area contributed by atoms with E-state index in [9.17, 15) is 9.59 Å². The molecular formula is C10H20N2O4S2. The molecule has 0 heterocycles. The summed E-state index contributed by atoms with van der Waals surface area (Å²) in [5.74, 6) is -0.188. The fourth-order valence-corrected chi connectivity index (χ4v) is 2.20. The Balaban J connectivity index is 4.32. The Labute approximate surface area is 115 Å². The fraction of sp³-hybridized carbons (Fsp3) is 0.800. The van der Waals surface area contributed by atoms with Crippen molar-refractivity contribution in [1.29, 1.82) is 0 Å². The highest BCUT2D eigenvalue weighted by atomic mass is 32.2. The normalized spacial score (nSPS) is 13.9. The highest BCUT2D eigenvalue weighted by molar-refractivity contribution is 7.98. The number of nitrogens with one attached hydrogen (secondary N) is 2. The maximum Gasteiger partial charge on any atom is 0.326 e. The highest BCUT2D eigenvalue weighted by Crippen LogP contribution is 2.04. The molecule has 0 aliphatic rings. The van der Waals surface area contributed by atoms with Gasteiger partial charge >= 0.3 is 5.97 Å². The minimum atomic E-state index is -1.06. The molecule has 0 aromatic heterocycles. The summed E-state index contributed by atoms with van der Waals surface area (Å²) in [6.45, 7) is 0. The molecule has 8 heteroatoms. The number of amides is 1. The van der Waals surface area contributed by atoms with E-state index in [0.29, 0.717) is 24.3 Å². The number of carboxylic acids is 1. The van der Waals surface area contributed by atoms with Gasteiger partial charge in [0.05, 0.1) is 0 Å². The molecule has 18 heavy (non-hydrogen) atoms. The second-order valence-corrected chi connectivity index (χ2v) is 5.62. The molecule has 0 saturated carbocycles. The van der Waals surface area contributed by atoms with Crippen molar-refractivity contribution in [2.24, 2.45) is 0 Å². The SMILES string of the molecule is CSCCC(NC(=O)C(CCSC)NO)C(=O)O. The van der Waals surface area contributed by atoms with Crippen LogP contribution in [0.2, 0.25) is 0 Å². The van der Waals surface area contributed by atoms with Crippen molar-refractivity contribution >= 4 is 35.4 Å². The van der Waals surface area contributed by atoms with Gasteiger partial charge in [0.25, 0.3) is 0 Å². The summed E-state index contributed by atoms with van der Waals surface area (Å²) in [5, 5.41) is 20.3. The molecule has 0 aliphatic heterocycles. The zero-order valence-corrected chi connectivity index (χ0v) is 12.1. The van der Waals surface area contributed by atoms with Crippen LogP contribution in [0.3, 0.4) is 0 Å². The van der Waals surface area contributed by atoms with E-state index in [1.807, 2.05) is 18.0 Å². The summed E-state index contributed by atoms with van der Waals surface area (Å²) in [5.41, 5.74) is 1.91. The van der Waals surface area contributed by atoms with Crippen LogP contribution in [0.5, 0.6) is 0 Å². The van der Waals surface area contributed by atoms with Crippen molar-refractivity contribution in [3.63, 3.8) is 0 Å². The zero-order chi connectivity index (χ0) is 14.0. The Morgan fingerprint density at radius 2 is 1.61 bits per heavy atom. The number of thioether (sulfide) groups is 2. The van der Waals surface area contributed by atoms with E-state index in [1.54, 1.807) is 11.8 Å². The zero-order valence-electron chi connectivity index (χ0n) is 10.5. The Morgan fingerprint density at radius 3 is 2.00 bits per heavy atom. The minimum Gasteiger partial charge on any atom is -0.480 e. The molecule has 0 saturated heterocycles. The first-order valence-electron chi connectivity index (χ1n) is 5.47. The first-order valence-corrected chi connectivity index (χ1v) is 8.26. The van der Waals surface area contributed by atoms with E-state index < -0.39 is 24.0 Å². The van der Waals surface area contributed by atoms with Crippen molar-refractivity contribution in [1.82, 2.24) is 10.8 Å². The van der Waals surface area contributed by atoms with E-state index >= 15 is 0 Å². The van der Waals surface area contributed by atoms with Crippen molar-refractivity contribution in [2.45, 2.75) is 24.9 Å². The summed E-state index contributed by atoms with van der Waals surface area (Å²) in [7, 11) is 0. The highest BCUT2D eigenvalue weighted by Gasteiger charge is 2.24. The van der Waals surface area contributed by atoms with E-state index in [2.05, 4.69) is 5.32 Å². The van der Waals surface area contributed by atoms with Gasteiger partial charge in [0, 0.05) is 0 Å². The molecule has 0 spiro atoms. The predicted octanol–water partition coefficient (Wildman–Crippen LogP) is 0.409. The van der Waals surface area contributed by atoms with Gasteiger partial charge in [0.15, 0.2) is 0 Å². The van der Waals surface area contributed by atoms with Crippen LogP contribution >= 0.6 is 23.5 Å². The van der Waals surface area contributed by atoms with Gasteiger partial charge in [-0.3, -0.25) is 4.79 Å². The molecule has 2 atom stereocenters. The van der Waals surface area contributed by atoms with Crippen molar-refractivity contribution in [2.75, 3.05) is 24.0 Å². The summed E-state index contributed by atoms with van der Waals surface area (Å²) < 4.78 is 0. The first kappa shape index (κ1) is 17.6. The molecule has 4 N–H and O–H groups in total. The van der Waals surface area contributed by atoms with Gasteiger partial charge in [-0.15, -0.1) is 0 Å². The van der Waals surface area contributed by atoms with Crippen LogP contribution in [-0.4, -0.2) is 58.3 Å². The molecule has 2 unspecified atom stereocenters. The molecule has 0 bridgehead atoms. The van der Waals surface area contributed by atoms with E-state index in [1.165, 1.54) is 11.8 Å². The van der Waals surface area contributed by atoms with E-state index in [4.69, 9.17) is 10.3 Å². The summed E-state index contributed by atoms with van der Waals surface area (Å²) in [6.07, 6.45) is 4.57. The molecule has 6 nitrogen and oxygen atoms in total. The monoisotopic (exact) mass is 296 g/mol. The third-order valence-corrected chi connectivity index (χ3v) is 3.60. The second kappa shape index (κ2) is 10.5. The largest absolute Gasteiger partial charge is 0.480 e. The Bertz CT molecular complexity index is 266. The lowest BCUT2D eigenvalue weighted by atomic mass is 10.2. The summed E-state index contributed by atoms with van der Waals surface area (Å²) in [6, 6.07) is -1.68. The Hall–Kier alpha value is -0.440. The quantitative estimate of drug-likeness (QED) is 0.433. The van der Waals surface area contributed by atoms with Gasteiger partial charge in [0.1, 0.15) is 12.1 Å². The minimum absolute atomic E-state index is 0.364. The van der Waals surface area contributed by atoms with Crippen molar-refractivity contribution < 1.29 is 19.9 Å². The van der Waals surface area contributed by atoms with E-state index in [0.717, 1.165) is 0 Å². The lowest BCUT2D eigenvalue weighted by Crippen LogP contribution is -2.49. The molecule has 0 rings (SSSR count). The number of hydrogen-bond acceptors (Lipinski definition) is 6. The molecule has 1 amide bonds. The van der Waals surface area contributed by atoms with Gasteiger partial charge in [-0.2, -0.15) is 29.0 Å². The van der Waals surface area contributed by atoms with Crippen LogP contribution < -0.4 is 10.8 Å². The van der Waals surface area contributed by atoms with Crippen LogP contribution in [0.4, 0.5) is 0 Å². The molecule has 0 aromatic rings. The van der Waals surface area contributed by atoms with Gasteiger partial charge in [-0.05, 0) is 36.9 Å². The lowest BCUT2D eigenvalue weighted by molar-refractivity contribution is -0.142. The van der Waals surface area contributed by atoms with Crippen molar-refractivity contribution in [3.8, 4) is 0 Å². The molecular weight excluding hydrogens is 276 g/mol. The van der Waals surface area contributed by atoms with Crippen LogP contribution in [0.25, 0.3) is 0 Å². The third-order valence-electron chi connectivity index (χ3n) is 2.31. The van der Waals surface area contributed by atoms with Gasteiger partial charge in [0.2, 0.25) is 5.91 Å². The number of carbonyl (C=O) groups excluding carboxylic acids is 1. The number of hydrogen-bond donors (Lipinski definition) is 4. The van der Waals surface area contributed by atoms with Gasteiger partial charge in [-0.1, -0.05) is 0 Å². The molecule has 0 radical (unpaired) electrons. The molecule has 0 fully saturated rings. The Morgan fingerprint density at radius 1 is 1.11 bits per heavy atom. The smallest absolute Gasteiger partial charge is 0.326 e. The lowest BCUT2D eigenvalue weighted by Gasteiger charge is -2.18. The van der Waals surface area contributed by atoms with Crippen LogP contribution in [0, 0.1) is 0 Å². The predicted molar refractivity (Wildman–Crippen MR) is 74.3 cm³/mol. The Kier molecular flexibility index (Phi) is 10.2. The fourth-order valence-electron chi connectivity index (χ4n) is 1.26. The van der Waals surface area contributed by atoms with Crippen molar-refractivity contribution in [3.05, 3.63) is 0 Å². The number of carboxylic acid groups (broad SMARTS) is 1. The molecule has 0 aromatic carbocycles. The van der Waals surface area contributed by atoms with E-state index in [-0.39, 0.29) is 0 Å². The van der Waals surface area contributed by atoms with Gasteiger partial charge < -0.3 is 15.6 Å². The van der Waals surface area contributed by atoms with Crippen LogP contribution in [-0.2, 0) is 9.59 Å². The van der Waals surface area contributed by atoms with Crippen LogP contribution in [0.15, 0.2) is 0 Å². The number of rotatable bonds is 10. The maximum atomic E-state index is 11.7. The number of hydroxylamine groups is 1. The number of carbonyl (C=O) groups is 2. The summed E-state index contributed by atoms with van der Waals surface area (Å²) in [4.78, 5) is 22.7. The number of aliphatic carboxylic acids is 1. The third kappa shape index (κ3) is 7.10. The second-order valence-electron chi connectivity index (χ2n) is 3.64.